The molecular weight excluding hydrogens is 444 g/mol. The fourth-order valence-electron chi connectivity index (χ4n) is 4.93. The molecule has 2 fully saturated rings. The molecule has 0 spiro atoms. The summed E-state index contributed by atoms with van der Waals surface area (Å²) in [5, 5.41) is 0. The number of hydrogen-bond donors (Lipinski definition) is 2. The highest BCUT2D eigenvalue weighted by atomic mass is 32.2. The van der Waals surface area contributed by atoms with E-state index in [4.69, 9.17) is 0 Å². The van der Waals surface area contributed by atoms with E-state index in [2.05, 4.69) is 29.2 Å². The first-order valence-corrected chi connectivity index (χ1v) is 12.9. The number of benzene rings is 1. The van der Waals surface area contributed by atoms with Crippen molar-refractivity contribution in [1.29, 1.82) is 0 Å². The Bertz CT molecular complexity index is 1210. The van der Waals surface area contributed by atoms with Crippen LogP contribution in [-0.4, -0.2) is 59.7 Å². The molecule has 0 atom stereocenters. The van der Waals surface area contributed by atoms with E-state index < -0.39 is 26.2 Å². The van der Waals surface area contributed by atoms with Crippen LogP contribution in [0.4, 0.5) is 0 Å². The zero-order chi connectivity index (χ0) is 23.6. The Balaban J connectivity index is 1.32. The van der Waals surface area contributed by atoms with Crippen molar-refractivity contribution in [3.8, 4) is 0 Å². The second kappa shape index (κ2) is 9.64. The van der Waals surface area contributed by atoms with Crippen molar-refractivity contribution in [2.45, 2.75) is 43.9 Å². The molecule has 0 aliphatic carbocycles. The van der Waals surface area contributed by atoms with Gasteiger partial charge in [-0.15, -0.1) is 0 Å². The Morgan fingerprint density at radius 2 is 1.61 bits per heavy atom. The smallest absolute Gasteiger partial charge is 0.325 e. The lowest BCUT2D eigenvalue weighted by Gasteiger charge is -2.37. The van der Waals surface area contributed by atoms with Crippen LogP contribution in [0.15, 0.2) is 44.8 Å². The molecular formula is C23H30N4O5S. The SMILES string of the molecule is Cc1[nH]c(=O)[nH]c(=O)c1S(=O)(=O)N1CCC(C(=O)N2CCC(Cc3ccccc3)CC2)CC1. The van der Waals surface area contributed by atoms with E-state index in [0.29, 0.717) is 18.8 Å². The predicted molar refractivity (Wildman–Crippen MR) is 123 cm³/mol. The number of piperidine rings is 2. The van der Waals surface area contributed by atoms with Gasteiger partial charge in [0.1, 0.15) is 0 Å². The summed E-state index contributed by atoms with van der Waals surface area (Å²) < 4.78 is 27.2. The Morgan fingerprint density at radius 1 is 0.970 bits per heavy atom. The summed E-state index contributed by atoms with van der Waals surface area (Å²) in [5.74, 6) is 0.461. The molecule has 178 valence electrons. The number of rotatable bonds is 5. The van der Waals surface area contributed by atoms with Gasteiger partial charge in [-0.1, -0.05) is 30.3 Å². The first kappa shape index (κ1) is 23.4. The molecule has 33 heavy (non-hydrogen) atoms. The van der Waals surface area contributed by atoms with Gasteiger partial charge >= 0.3 is 5.69 Å². The minimum atomic E-state index is -4.06. The summed E-state index contributed by atoms with van der Waals surface area (Å²) in [5.41, 5.74) is -0.325. The van der Waals surface area contributed by atoms with Crippen LogP contribution < -0.4 is 11.2 Å². The molecule has 2 saturated heterocycles. The number of H-pyrrole nitrogens is 2. The highest BCUT2D eigenvalue weighted by molar-refractivity contribution is 7.89. The molecule has 2 aromatic rings. The van der Waals surface area contributed by atoms with Crippen LogP contribution in [0, 0.1) is 18.8 Å². The number of sulfonamides is 1. The lowest BCUT2D eigenvalue weighted by Crippen LogP contribution is -2.47. The molecule has 0 bridgehead atoms. The largest absolute Gasteiger partial charge is 0.342 e. The third-order valence-electron chi connectivity index (χ3n) is 6.77. The quantitative estimate of drug-likeness (QED) is 0.675. The molecule has 0 radical (unpaired) electrons. The van der Waals surface area contributed by atoms with Crippen LogP contribution in [0.25, 0.3) is 0 Å². The van der Waals surface area contributed by atoms with Gasteiger partial charge in [-0.05, 0) is 50.5 Å². The molecule has 9 nitrogen and oxygen atoms in total. The predicted octanol–water partition coefficient (Wildman–Crippen LogP) is 1.25. The molecule has 3 heterocycles. The maximum absolute atomic E-state index is 13.1. The third-order valence-corrected chi connectivity index (χ3v) is 8.82. The zero-order valence-electron chi connectivity index (χ0n) is 18.7. The minimum absolute atomic E-state index is 0.0142. The van der Waals surface area contributed by atoms with Crippen molar-refractivity contribution in [1.82, 2.24) is 19.2 Å². The van der Waals surface area contributed by atoms with Crippen LogP contribution in [-0.2, 0) is 21.2 Å². The van der Waals surface area contributed by atoms with Crippen LogP contribution in [0.3, 0.4) is 0 Å². The van der Waals surface area contributed by atoms with Crippen LogP contribution in [0.1, 0.15) is 36.9 Å². The molecule has 1 aromatic carbocycles. The van der Waals surface area contributed by atoms with Gasteiger partial charge in [0.05, 0.1) is 0 Å². The summed E-state index contributed by atoms with van der Waals surface area (Å²) in [4.78, 5) is 42.4. The lowest BCUT2D eigenvalue weighted by atomic mass is 9.89. The second-order valence-corrected chi connectivity index (χ2v) is 10.9. The van der Waals surface area contributed by atoms with Gasteiger partial charge in [0.2, 0.25) is 15.9 Å². The van der Waals surface area contributed by atoms with Gasteiger partial charge in [0, 0.05) is 37.8 Å². The molecule has 1 aromatic heterocycles. The number of carbonyl (C=O) groups excluding carboxylic acids is 1. The van der Waals surface area contributed by atoms with Gasteiger partial charge < -0.3 is 9.88 Å². The molecule has 2 aliphatic heterocycles. The number of nitrogens with one attached hydrogen (secondary N) is 2. The third kappa shape index (κ3) is 5.11. The highest BCUT2D eigenvalue weighted by Crippen LogP contribution is 2.27. The lowest BCUT2D eigenvalue weighted by molar-refractivity contribution is -0.138. The van der Waals surface area contributed by atoms with E-state index in [9.17, 15) is 22.8 Å². The van der Waals surface area contributed by atoms with Gasteiger partial charge in [0.25, 0.3) is 5.56 Å². The molecule has 2 aliphatic rings. The number of hydrogen-bond acceptors (Lipinski definition) is 5. The summed E-state index contributed by atoms with van der Waals surface area (Å²) in [6.07, 6.45) is 3.82. The molecule has 10 heteroatoms. The topological polar surface area (TPSA) is 123 Å². The van der Waals surface area contributed by atoms with Crippen LogP contribution in [0.5, 0.6) is 0 Å². The number of aromatic nitrogens is 2. The van der Waals surface area contributed by atoms with Crippen LogP contribution >= 0.6 is 0 Å². The first-order chi connectivity index (χ1) is 15.8. The number of aryl methyl sites for hydroxylation is 1. The average molecular weight is 475 g/mol. The van der Waals surface area contributed by atoms with E-state index >= 15 is 0 Å². The number of amides is 1. The number of likely N-dealkylation sites (tertiary alicyclic amines) is 1. The van der Waals surface area contributed by atoms with Gasteiger partial charge in [-0.2, -0.15) is 4.31 Å². The molecule has 0 saturated carbocycles. The number of aromatic amines is 2. The molecule has 1 amide bonds. The van der Waals surface area contributed by atoms with Gasteiger partial charge in [0.15, 0.2) is 4.90 Å². The fraction of sp³-hybridized carbons (Fsp3) is 0.522. The Labute approximate surface area is 192 Å². The van der Waals surface area contributed by atoms with E-state index in [1.54, 1.807) is 0 Å². The van der Waals surface area contributed by atoms with E-state index in [0.717, 1.165) is 32.4 Å². The van der Waals surface area contributed by atoms with Crippen molar-refractivity contribution in [2.75, 3.05) is 26.2 Å². The van der Waals surface area contributed by atoms with Crippen molar-refractivity contribution in [2.24, 2.45) is 11.8 Å². The van der Waals surface area contributed by atoms with Gasteiger partial charge in [-0.25, -0.2) is 13.2 Å². The van der Waals surface area contributed by atoms with Crippen molar-refractivity contribution >= 4 is 15.9 Å². The van der Waals surface area contributed by atoms with Crippen LogP contribution in [0.2, 0.25) is 0 Å². The second-order valence-electron chi connectivity index (χ2n) is 9.00. The number of carbonyl (C=O) groups is 1. The fourth-order valence-corrected chi connectivity index (χ4v) is 6.61. The minimum Gasteiger partial charge on any atom is -0.342 e. The van der Waals surface area contributed by atoms with Gasteiger partial charge in [-0.3, -0.25) is 14.6 Å². The highest BCUT2D eigenvalue weighted by Gasteiger charge is 2.36. The van der Waals surface area contributed by atoms with Crippen molar-refractivity contribution in [3.05, 3.63) is 62.4 Å². The molecule has 0 unspecified atom stereocenters. The Hall–Kier alpha value is -2.72. The Kier molecular flexibility index (Phi) is 6.85. The molecule has 2 N–H and O–H groups in total. The first-order valence-electron chi connectivity index (χ1n) is 11.4. The van der Waals surface area contributed by atoms with E-state index in [-0.39, 0.29) is 30.6 Å². The standard InChI is InChI=1S/C23H30N4O5S/c1-16-20(21(28)25-23(30)24-16)33(31,32)27-13-9-19(10-14-27)22(29)26-11-7-18(8-12-26)15-17-5-3-2-4-6-17/h2-6,18-19H,7-15H2,1H3,(H2,24,25,28,30). The monoisotopic (exact) mass is 474 g/mol. The maximum atomic E-state index is 13.1. The van der Waals surface area contributed by atoms with E-state index in [1.165, 1.54) is 16.8 Å². The summed E-state index contributed by atoms with van der Waals surface area (Å²) in [6.45, 7) is 3.20. The summed E-state index contributed by atoms with van der Waals surface area (Å²) in [6, 6.07) is 10.4. The van der Waals surface area contributed by atoms with E-state index in [1.807, 2.05) is 16.0 Å². The maximum Gasteiger partial charge on any atom is 0.325 e. The van der Waals surface area contributed by atoms with Crippen molar-refractivity contribution in [3.63, 3.8) is 0 Å². The summed E-state index contributed by atoms with van der Waals surface area (Å²) >= 11 is 0. The Morgan fingerprint density at radius 3 is 2.21 bits per heavy atom. The summed E-state index contributed by atoms with van der Waals surface area (Å²) in [7, 11) is -4.06. The zero-order valence-corrected chi connectivity index (χ0v) is 19.6. The molecule has 4 rings (SSSR count). The normalized spacial score (nSPS) is 19.0. The average Bonchev–Trinajstić information content (AvgIpc) is 2.79. The van der Waals surface area contributed by atoms with Crippen molar-refractivity contribution < 1.29 is 13.2 Å². The number of nitrogens with zero attached hydrogens (tertiary/aromatic N) is 2.